The van der Waals surface area contributed by atoms with Gasteiger partial charge < -0.3 is 10.2 Å². The highest BCUT2D eigenvalue weighted by Gasteiger charge is 2.42. The van der Waals surface area contributed by atoms with E-state index in [1.54, 1.807) is 0 Å². The second-order valence-electron chi connectivity index (χ2n) is 2.92. The zero-order valence-corrected chi connectivity index (χ0v) is 5.07. The van der Waals surface area contributed by atoms with Crippen LogP contribution in [0.1, 0.15) is 6.42 Å². The van der Waals surface area contributed by atoms with Crippen LogP contribution in [0.4, 0.5) is 0 Å². The summed E-state index contributed by atoms with van der Waals surface area (Å²) in [7, 11) is 0. The predicted molar refractivity (Wildman–Crippen MR) is 32.8 cm³/mol. The van der Waals surface area contributed by atoms with E-state index in [2.05, 4.69) is 0 Å². The first-order valence-electron chi connectivity index (χ1n) is 3.33. The van der Waals surface area contributed by atoms with E-state index in [1.165, 1.54) is 0 Å². The third-order valence-electron chi connectivity index (χ3n) is 2.37. The second kappa shape index (κ2) is 1.58. The molecule has 50 valence electrons. The number of hydrogen-bond donors (Lipinski definition) is 2. The molecule has 2 nitrogen and oxygen atoms in total. The molecule has 2 bridgehead atoms. The van der Waals surface area contributed by atoms with E-state index in [0.717, 1.165) is 6.42 Å². The van der Waals surface area contributed by atoms with Crippen molar-refractivity contribution >= 4 is 0 Å². The lowest BCUT2D eigenvalue weighted by Crippen LogP contribution is -2.18. The van der Waals surface area contributed by atoms with Gasteiger partial charge >= 0.3 is 0 Å². The van der Waals surface area contributed by atoms with Gasteiger partial charge in [0, 0.05) is 11.8 Å². The van der Waals surface area contributed by atoms with Gasteiger partial charge in [-0.25, -0.2) is 0 Å². The molecule has 0 unspecified atom stereocenters. The van der Waals surface area contributed by atoms with Crippen molar-refractivity contribution in [2.24, 2.45) is 11.8 Å². The summed E-state index contributed by atoms with van der Waals surface area (Å²) in [6.07, 6.45) is 4.10. The zero-order valence-electron chi connectivity index (χ0n) is 5.07. The number of hydrogen-bond acceptors (Lipinski definition) is 2. The van der Waals surface area contributed by atoms with Crippen molar-refractivity contribution < 1.29 is 10.2 Å². The average Bonchev–Trinajstić information content (AvgIpc) is 2.25. The van der Waals surface area contributed by atoms with Crippen molar-refractivity contribution in [3.8, 4) is 0 Å². The van der Waals surface area contributed by atoms with Crippen LogP contribution in [-0.2, 0) is 0 Å². The van der Waals surface area contributed by atoms with E-state index in [0.29, 0.717) is 0 Å². The van der Waals surface area contributed by atoms with Gasteiger partial charge in [-0.05, 0) is 6.42 Å². The molecule has 2 heteroatoms. The minimum Gasteiger partial charge on any atom is -0.392 e. The fraction of sp³-hybridized carbons (Fsp3) is 0.714. The molecule has 0 aromatic heterocycles. The van der Waals surface area contributed by atoms with Gasteiger partial charge in [-0.3, -0.25) is 0 Å². The van der Waals surface area contributed by atoms with Crippen LogP contribution in [0.3, 0.4) is 0 Å². The maximum Gasteiger partial charge on any atom is 0.0691 e. The van der Waals surface area contributed by atoms with Crippen molar-refractivity contribution in [3.05, 3.63) is 12.2 Å². The number of rotatable bonds is 0. The molecule has 0 aromatic carbocycles. The van der Waals surface area contributed by atoms with Crippen molar-refractivity contribution in [1.29, 1.82) is 0 Å². The van der Waals surface area contributed by atoms with Gasteiger partial charge in [0.15, 0.2) is 0 Å². The second-order valence-corrected chi connectivity index (χ2v) is 2.92. The molecule has 0 aromatic rings. The van der Waals surface area contributed by atoms with Gasteiger partial charge in [0.2, 0.25) is 0 Å². The molecule has 1 fully saturated rings. The Bertz CT molecular complexity index is 153. The monoisotopic (exact) mass is 126 g/mol. The molecule has 2 rings (SSSR count). The van der Waals surface area contributed by atoms with Gasteiger partial charge in [-0.1, -0.05) is 12.2 Å². The molecule has 2 N–H and O–H groups in total. The number of aliphatic hydroxyl groups is 2. The molecular weight excluding hydrogens is 116 g/mol. The Morgan fingerprint density at radius 3 is 2.22 bits per heavy atom. The van der Waals surface area contributed by atoms with Gasteiger partial charge in [0.25, 0.3) is 0 Å². The zero-order chi connectivity index (χ0) is 6.43. The van der Waals surface area contributed by atoms with Crippen LogP contribution in [-0.4, -0.2) is 22.4 Å². The lowest BCUT2D eigenvalue weighted by molar-refractivity contribution is 0.0923. The Morgan fingerprint density at radius 1 is 1.22 bits per heavy atom. The Kier molecular flexibility index (Phi) is 0.957. The molecule has 0 amide bonds. The molecule has 0 radical (unpaired) electrons. The lowest BCUT2D eigenvalue weighted by atomic mass is 10.1. The normalized spacial score (nSPS) is 54.9. The van der Waals surface area contributed by atoms with Crippen LogP contribution < -0.4 is 0 Å². The van der Waals surface area contributed by atoms with Crippen molar-refractivity contribution in [2.45, 2.75) is 18.6 Å². The average molecular weight is 126 g/mol. The quantitative estimate of drug-likeness (QED) is 0.445. The van der Waals surface area contributed by atoms with Crippen LogP contribution in [0.5, 0.6) is 0 Å². The smallest absolute Gasteiger partial charge is 0.0691 e. The standard InChI is InChI=1S/C7H10O2/c8-6-3-4-1-2-5(6)7(4)9/h1-2,4-9H,3H2/t4-,5+,6-,7+/m0/s1. The Morgan fingerprint density at radius 2 is 2.00 bits per heavy atom. The molecule has 4 atom stereocenters. The molecule has 0 aliphatic heterocycles. The largest absolute Gasteiger partial charge is 0.392 e. The Balaban J connectivity index is 2.26. The SMILES string of the molecule is O[C@H]1[C@@H]2C=C[C@H]1C[C@@H]2O. The molecule has 9 heavy (non-hydrogen) atoms. The third-order valence-corrected chi connectivity index (χ3v) is 2.37. The van der Waals surface area contributed by atoms with E-state index in [4.69, 9.17) is 0 Å². The highest BCUT2D eigenvalue weighted by Crippen LogP contribution is 2.39. The van der Waals surface area contributed by atoms with Crippen molar-refractivity contribution in [1.82, 2.24) is 0 Å². The minimum atomic E-state index is -0.292. The van der Waals surface area contributed by atoms with Crippen LogP contribution in [0.25, 0.3) is 0 Å². The maximum absolute atomic E-state index is 9.28. The van der Waals surface area contributed by atoms with Gasteiger partial charge in [0.1, 0.15) is 0 Å². The molecule has 1 saturated carbocycles. The van der Waals surface area contributed by atoms with E-state index < -0.39 is 0 Å². The summed E-state index contributed by atoms with van der Waals surface area (Å²) in [6, 6.07) is 0. The topological polar surface area (TPSA) is 40.5 Å². The van der Waals surface area contributed by atoms with Gasteiger partial charge in [0.05, 0.1) is 12.2 Å². The Labute approximate surface area is 53.8 Å². The fourth-order valence-corrected chi connectivity index (χ4v) is 1.79. The highest BCUT2D eigenvalue weighted by molar-refractivity contribution is 5.15. The van der Waals surface area contributed by atoms with Crippen molar-refractivity contribution in [2.75, 3.05) is 0 Å². The summed E-state index contributed by atoms with van der Waals surface area (Å²) in [5.41, 5.74) is 0. The highest BCUT2D eigenvalue weighted by atomic mass is 16.3. The molecule has 2 aliphatic rings. The summed E-state index contributed by atoms with van der Waals surface area (Å²) in [4.78, 5) is 0. The summed E-state index contributed by atoms with van der Waals surface area (Å²) in [5, 5.41) is 18.5. The van der Waals surface area contributed by atoms with E-state index in [9.17, 15) is 10.2 Å². The van der Waals surface area contributed by atoms with Crippen LogP contribution in [0.2, 0.25) is 0 Å². The summed E-state index contributed by atoms with van der Waals surface area (Å²) >= 11 is 0. The fourth-order valence-electron chi connectivity index (χ4n) is 1.79. The molecule has 2 aliphatic carbocycles. The Hall–Kier alpha value is -0.340. The summed E-state index contributed by atoms with van der Waals surface area (Å²) in [6.45, 7) is 0. The van der Waals surface area contributed by atoms with E-state index in [1.807, 2.05) is 12.2 Å². The van der Waals surface area contributed by atoms with E-state index in [-0.39, 0.29) is 24.0 Å². The van der Waals surface area contributed by atoms with Crippen LogP contribution >= 0.6 is 0 Å². The summed E-state index contributed by atoms with van der Waals surface area (Å²) < 4.78 is 0. The van der Waals surface area contributed by atoms with Crippen molar-refractivity contribution in [3.63, 3.8) is 0 Å². The van der Waals surface area contributed by atoms with Crippen LogP contribution in [0.15, 0.2) is 12.2 Å². The molecule has 0 saturated heterocycles. The predicted octanol–water partition coefficient (Wildman–Crippen LogP) is -0.0859. The maximum atomic E-state index is 9.28. The van der Waals surface area contributed by atoms with Crippen LogP contribution in [0, 0.1) is 11.8 Å². The molecular formula is C7H10O2. The lowest BCUT2D eigenvalue weighted by Gasteiger charge is -2.09. The number of aliphatic hydroxyl groups excluding tert-OH is 2. The molecule has 0 heterocycles. The molecule has 0 spiro atoms. The van der Waals surface area contributed by atoms with E-state index >= 15 is 0 Å². The third kappa shape index (κ3) is 0.575. The number of fused-ring (bicyclic) bond motifs is 2. The summed E-state index contributed by atoms with van der Waals surface area (Å²) in [5.74, 6) is 0.278. The first-order valence-corrected chi connectivity index (χ1v) is 3.33. The first kappa shape index (κ1) is 5.45. The van der Waals surface area contributed by atoms with Gasteiger partial charge in [-0.2, -0.15) is 0 Å². The minimum absolute atomic E-state index is 0.0370. The van der Waals surface area contributed by atoms with Gasteiger partial charge in [-0.15, -0.1) is 0 Å². The first-order chi connectivity index (χ1) is 4.29.